The molecule has 2 rings (SSSR count). The first-order valence-corrected chi connectivity index (χ1v) is 6.29. The third kappa shape index (κ3) is 3.20. The van der Waals surface area contributed by atoms with Gasteiger partial charge in [-0.2, -0.15) is 0 Å². The zero-order chi connectivity index (χ0) is 10.7. The molecule has 15 heavy (non-hydrogen) atoms. The molecule has 1 unspecified atom stereocenters. The van der Waals surface area contributed by atoms with Gasteiger partial charge in [-0.3, -0.25) is 4.79 Å². The van der Waals surface area contributed by atoms with E-state index in [1.54, 1.807) is 0 Å². The predicted octanol–water partition coefficient (Wildman–Crippen LogP) is 1.42. The minimum atomic E-state index is 0.226. The van der Waals surface area contributed by atoms with Crippen LogP contribution in [0.1, 0.15) is 44.9 Å². The van der Waals surface area contributed by atoms with E-state index in [1.165, 1.54) is 38.5 Å². The summed E-state index contributed by atoms with van der Waals surface area (Å²) < 4.78 is 0. The average molecular weight is 210 g/mol. The molecule has 0 bridgehead atoms. The number of carbonyl (C=O) groups excluding carboxylic acids is 1. The van der Waals surface area contributed by atoms with Gasteiger partial charge < -0.3 is 11.1 Å². The third-order valence-corrected chi connectivity index (χ3v) is 3.74. The van der Waals surface area contributed by atoms with Gasteiger partial charge in [0, 0.05) is 19.0 Å². The first kappa shape index (κ1) is 10.9. The number of amides is 1. The topological polar surface area (TPSA) is 55.1 Å². The highest BCUT2D eigenvalue weighted by Gasteiger charge is 2.31. The Labute approximate surface area is 91.8 Å². The van der Waals surface area contributed by atoms with Gasteiger partial charge in [0.2, 0.25) is 5.91 Å². The van der Waals surface area contributed by atoms with E-state index in [9.17, 15) is 4.79 Å². The van der Waals surface area contributed by atoms with Crippen LogP contribution in [0.5, 0.6) is 0 Å². The second-order valence-corrected chi connectivity index (χ2v) is 5.10. The molecule has 0 heterocycles. The van der Waals surface area contributed by atoms with Crippen LogP contribution < -0.4 is 11.1 Å². The fourth-order valence-corrected chi connectivity index (χ4v) is 2.61. The van der Waals surface area contributed by atoms with E-state index in [0.717, 1.165) is 6.42 Å². The van der Waals surface area contributed by atoms with Crippen molar-refractivity contribution in [2.75, 3.05) is 6.54 Å². The number of nitrogens with two attached hydrogens (primary N) is 1. The molecule has 0 spiro atoms. The van der Waals surface area contributed by atoms with Gasteiger partial charge in [0.05, 0.1) is 0 Å². The molecular formula is C12H22N2O. The molecule has 2 saturated carbocycles. The lowest BCUT2D eigenvalue weighted by Crippen LogP contribution is -2.42. The number of rotatable bonds is 5. The Bertz CT molecular complexity index is 220. The average Bonchev–Trinajstić information content (AvgIpc) is 2.95. The summed E-state index contributed by atoms with van der Waals surface area (Å²) in [5.41, 5.74) is 5.66. The van der Waals surface area contributed by atoms with E-state index < -0.39 is 0 Å². The molecule has 3 nitrogen and oxygen atoms in total. The van der Waals surface area contributed by atoms with Crippen LogP contribution in [0.3, 0.4) is 0 Å². The van der Waals surface area contributed by atoms with Crippen molar-refractivity contribution in [3.8, 4) is 0 Å². The molecule has 86 valence electrons. The van der Waals surface area contributed by atoms with Crippen LogP contribution in [0, 0.1) is 11.8 Å². The first-order valence-electron chi connectivity index (χ1n) is 6.29. The zero-order valence-electron chi connectivity index (χ0n) is 9.37. The highest BCUT2D eigenvalue weighted by Crippen LogP contribution is 2.32. The molecule has 0 saturated heterocycles. The fraction of sp³-hybridized carbons (Fsp3) is 0.917. The molecular weight excluding hydrogens is 188 g/mol. The Morgan fingerprint density at radius 2 is 1.93 bits per heavy atom. The summed E-state index contributed by atoms with van der Waals surface area (Å²) in [6.07, 6.45) is 8.30. The van der Waals surface area contributed by atoms with Gasteiger partial charge in [-0.15, -0.1) is 0 Å². The Kier molecular flexibility index (Phi) is 3.62. The Hall–Kier alpha value is -0.570. The lowest BCUT2D eigenvalue weighted by atomic mass is 10.0. The maximum atomic E-state index is 11.7. The van der Waals surface area contributed by atoms with Gasteiger partial charge in [-0.05, 0) is 37.5 Å². The summed E-state index contributed by atoms with van der Waals surface area (Å²) in [6.45, 7) is 0.598. The summed E-state index contributed by atoms with van der Waals surface area (Å²) in [5, 5.41) is 3.09. The maximum absolute atomic E-state index is 11.7. The molecule has 2 aliphatic carbocycles. The zero-order valence-corrected chi connectivity index (χ0v) is 9.37. The monoisotopic (exact) mass is 210 g/mol. The van der Waals surface area contributed by atoms with E-state index in [-0.39, 0.29) is 11.9 Å². The minimum Gasteiger partial charge on any atom is -0.352 e. The first-order chi connectivity index (χ1) is 7.29. The van der Waals surface area contributed by atoms with Crippen molar-refractivity contribution in [2.24, 2.45) is 17.6 Å². The lowest BCUT2D eigenvalue weighted by molar-refractivity contribution is -0.122. The van der Waals surface area contributed by atoms with E-state index in [0.29, 0.717) is 18.4 Å². The molecule has 0 aromatic heterocycles. The maximum Gasteiger partial charge on any atom is 0.220 e. The number of hydrogen-bond acceptors (Lipinski definition) is 2. The summed E-state index contributed by atoms with van der Waals surface area (Å²) in [4.78, 5) is 11.7. The second kappa shape index (κ2) is 4.97. The predicted molar refractivity (Wildman–Crippen MR) is 60.3 cm³/mol. The molecule has 2 aliphatic rings. The van der Waals surface area contributed by atoms with E-state index in [4.69, 9.17) is 5.73 Å². The van der Waals surface area contributed by atoms with Crippen LogP contribution in [0.25, 0.3) is 0 Å². The van der Waals surface area contributed by atoms with Crippen molar-refractivity contribution >= 4 is 5.91 Å². The Morgan fingerprint density at radius 1 is 1.27 bits per heavy atom. The molecule has 2 fully saturated rings. The largest absolute Gasteiger partial charge is 0.352 e. The smallest absolute Gasteiger partial charge is 0.220 e. The number of hydrogen-bond donors (Lipinski definition) is 2. The van der Waals surface area contributed by atoms with Crippen LogP contribution in [-0.4, -0.2) is 18.5 Å². The van der Waals surface area contributed by atoms with Gasteiger partial charge in [0.15, 0.2) is 0 Å². The normalized spacial score (nSPS) is 24.1. The standard InChI is InChI=1S/C12H22N2O/c13-8-11(10-5-6-10)14-12(15)7-9-3-1-2-4-9/h9-11H,1-8,13H2,(H,14,15). The number of nitrogens with one attached hydrogen (secondary N) is 1. The third-order valence-electron chi connectivity index (χ3n) is 3.74. The molecule has 3 N–H and O–H groups in total. The van der Waals surface area contributed by atoms with E-state index >= 15 is 0 Å². The highest BCUT2D eigenvalue weighted by molar-refractivity contribution is 5.76. The van der Waals surface area contributed by atoms with Crippen molar-refractivity contribution < 1.29 is 4.79 Å². The van der Waals surface area contributed by atoms with Crippen molar-refractivity contribution in [1.82, 2.24) is 5.32 Å². The van der Waals surface area contributed by atoms with Gasteiger partial charge in [-0.1, -0.05) is 12.8 Å². The van der Waals surface area contributed by atoms with Gasteiger partial charge in [0.25, 0.3) is 0 Å². The van der Waals surface area contributed by atoms with Crippen molar-refractivity contribution in [2.45, 2.75) is 51.0 Å². The molecule has 0 radical (unpaired) electrons. The van der Waals surface area contributed by atoms with E-state index in [2.05, 4.69) is 5.32 Å². The lowest BCUT2D eigenvalue weighted by Gasteiger charge is -2.17. The molecule has 1 amide bonds. The SMILES string of the molecule is NCC(NC(=O)CC1CCCC1)C1CC1. The summed E-state index contributed by atoms with van der Waals surface area (Å²) in [6, 6.07) is 0.249. The minimum absolute atomic E-state index is 0.226. The highest BCUT2D eigenvalue weighted by atomic mass is 16.1. The quantitative estimate of drug-likeness (QED) is 0.721. The van der Waals surface area contributed by atoms with Crippen LogP contribution in [0.2, 0.25) is 0 Å². The van der Waals surface area contributed by atoms with Crippen LogP contribution in [0.15, 0.2) is 0 Å². The molecule has 1 atom stereocenters. The van der Waals surface area contributed by atoms with Crippen molar-refractivity contribution in [1.29, 1.82) is 0 Å². The summed E-state index contributed by atoms with van der Waals surface area (Å²) in [7, 11) is 0. The molecule has 3 heteroatoms. The van der Waals surface area contributed by atoms with Gasteiger partial charge in [-0.25, -0.2) is 0 Å². The van der Waals surface area contributed by atoms with Crippen molar-refractivity contribution in [3.63, 3.8) is 0 Å². The van der Waals surface area contributed by atoms with Gasteiger partial charge >= 0.3 is 0 Å². The number of carbonyl (C=O) groups is 1. The van der Waals surface area contributed by atoms with Crippen molar-refractivity contribution in [3.05, 3.63) is 0 Å². The van der Waals surface area contributed by atoms with E-state index in [1.807, 2.05) is 0 Å². The summed E-state index contributed by atoms with van der Waals surface area (Å²) >= 11 is 0. The van der Waals surface area contributed by atoms with Crippen LogP contribution >= 0.6 is 0 Å². The molecule has 0 aromatic carbocycles. The fourth-order valence-electron chi connectivity index (χ4n) is 2.61. The van der Waals surface area contributed by atoms with Crippen LogP contribution in [0.4, 0.5) is 0 Å². The Balaban J connectivity index is 1.70. The Morgan fingerprint density at radius 3 is 2.47 bits per heavy atom. The van der Waals surface area contributed by atoms with Gasteiger partial charge in [0.1, 0.15) is 0 Å². The molecule has 0 aliphatic heterocycles. The summed E-state index contributed by atoms with van der Waals surface area (Å²) in [5.74, 6) is 1.54. The second-order valence-electron chi connectivity index (χ2n) is 5.10. The van der Waals surface area contributed by atoms with Crippen LogP contribution in [-0.2, 0) is 4.79 Å². The molecule has 0 aromatic rings.